The topological polar surface area (TPSA) is 58.4 Å². The van der Waals surface area contributed by atoms with Crippen molar-refractivity contribution in [1.82, 2.24) is 15.4 Å². The van der Waals surface area contributed by atoms with Crippen LogP contribution in [0.5, 0.6) is 0 Å². The SMILES string of the molecule is CNC1CCCN(C(=O)Cc2noc3ccccc23)C1. The lowest BCUT2D eigenvalue weighted by molar-refractivity contribution is -0.131. The van der Waals surface area contributed by atoms with Gasteiger partial charge < -0.3 is 14.7 Å². The molecule has 106 valence electrons. The maximum absolute atomic E-state index is 12.4. The molecule has 0 bridgehead atoms. The molecule has 1 unspecified atom stereocenters. The molecule has 20 heavy (non-hydrogen) atoms. The zero-order chi connectivity index (χ0) is 13.9. The van der Waals surface area contributed by atoms with Crippen molar-refractivity contribution in [3.63, 3.8) is 0 Å². The third kappa shape index (κ3) is 2.54. The van der Waals surface area contributed by atoms with Crippen LogP contribution in [0.3, 0.4) is 0 Å². The van der Waals surface area contributed by atoms with Gasteiger partial charge in [0.2, 0.25) is 5.91 Å². The molecule has 0 aliphatic carbocycles. The van der Waals surface area contributed by atoms with Gasteiger partial charge in [0.15, 0.2) is 5.58 Å². The van der Waals surface area contributed by atoms with E-state index >= 15 is 0 Å². The summed E-state index contributed by atoms with van der Waals surface area (Å²) in [6, 6.07) is 8.06. The minimum Gasteiger partial charge on any atom is -0.356 e. The number of amides is 1. The third-order valence-corrected chi connectivity index (χ3v) is 3.95. The first kappa shape index (κ1) is 13.1. The standard InChI is InChI=1S/C15H19N3O2/c1-16-11-5-4-8-18(10-11)15(19)9-13-12-6-2-3-7-14(12)20-17-13/h2-3,6-7,11,16H,4-5,8-10H2,1H3. The van der Waals surface area contributed by atoms with E-state index in [0.717, 1.165) is 42.6 Å². The van der Waals surface area contributed by atoms with E-state index in [-0.39, 0.29) is 5.91 Å². The van der Waals surface area contributed by atoms with Gasteiger partial charge >= 0.3 is 0 Å². The van der Waals surface area contributed by atoms with Crippen LogP contribution in [-0.2, 0) is 11.2 Å². The maximum atomic E-state index is 12.4. The molecule has 1 saturated heterocycles. The molecule has 1 aromatic heterocycles. The summed E-state index contributed by atoms with van der Waals surface area (Å²) < 4.78 is 5.25. The van der Waals surface area contributed by atoms with E-state index in [2.05, 4.69) is 10.5 Å². The number of fused-ring (bicyclic) bond motifs is 1. The molecule has 0 spiro atoms. The van der Waals surface area contributed by atoms with E-state index in [1.54, 1.807) is 0 Å². The Morgan fingerprint density at radius 1 is 1.50 bits per heavy atom. The molecular formula is C15H19N3O2. The van der Waals surface area contributed by atoms with E-state index in [1.807, 2.05) is 36.2 Å². The summed E-state index contributed by atoms with van der Waals surface area (Å²) in [6.45, 7) is 1.62. The second-order valence-electron chi connectivity index (χ2n) is 5.27. The van der Waals surface area contributed by atoms with E-state index in [9.17, 15) is 4.79 Å². The minimum atomic E-state index is 0.129. The highest BCUT2D eigenvalue weighted by molar-refractivity contribution is 5.86. The number of likely N-dealkylation sites (tertiary alicyclic amines) is 1. The average molecular weight is 273 g/mol. The van der Waals surface area contributed by atoms with Gasteiger partial charge in [0.05, 0.1) is 6.42 Å². The van der Waals surface area contributed by atoms with Gasteiger partial charge in [-0.2, -0.15) is 0 Å². The number of rotatable bonds is 3. The summed E-state index contributed by atoms with van der Waals surface area (Å²) in [4.78, 5) is 14.3. The predicted molar refractivity (Wildman–Crippen MR) is 76.4 cm³/mol. The van der Waals surface area contributed by atoms with Crippen LogP contribution in [0.1, 0.15) is 18.5 Å². The Balaban J connectivity index is 1.72. The number of aromatic nitrogens is 1. The van der Waals surface area contributed by atoms with Crippen LogP contribution >= 0.6 is 0 Å². The Morgan fingerprint density at radius 2 is 2.35 bits per heavy atom. The number of likely N-dealkylation sites (N-methyl/N-ethyl adjacent to an activating group) is 1. The first-order valence-corrected chi connectivity index (χ1v) is 7.06. The monoisotopic (exact) mass is 273 g/mol. The fourth-order valence-corrected chi connectivity index (χ4v) is 2.76. The highest BCUT2D eigenvalue weighted by Crippen LogP contribution is 2.19. The molecule has 1 aliphatic heterocycles. The van der Waals surface area contributed by atoms with Crippen molar-refractivity contribution >= 4 is 16.9 Å². The van der Waals surface area contributed by atoms with Crippen LogP contribution < -0.4 is 5.32 Å². The van der Waals surface area contributed by atoms with Crippen molar-refractivity contribution in [1.29, 1.82) is 0 Å². The number of nitrogens with zero attached hydrogens (tertiary/aromatic N) is 2. The lowest BCUT2D eigenvalue weighted by atomic mass is 10.0. The number of carbonyl (C=O) groups is 1. The van der Waals surface area contributed by atoms with Crippen molar-refractivity contribution < 1.29 is 9.32 Å². The Morgan fingerprint density at radius 3 is 3.20 bits per heavy atom. The van der Waals surface area contributed by atoms with Crippen molar-refractivity contribution in [3.8, 4) is 0 Å². The zero-order valence-electron chi connectivity index (χ0n) is 11.6. The molecule has 1 fully saturated rings. The molecule has 1 N–H and O–H groups in total. The molecule has 2 aromatic rings. The van der Waals surface area contributed by atoms with Gasteiger partial charge in [-0.05, 0) is 32.0 Å². The number of benzene rings is 1. The first-order valence-electron chi connectivity index (χ1n) is 7.06. The molecule has 5 heteroatoms. The van der Waals surface area contributed by atoms with Gasteiger partial charge in [0.25, 0.3) is 0 Å². The molecular weight excluding hydrogens is 254 g/mol. The number of carbonyl (C=O) groups excluding carboxylic acids is 1. The van der Waals surface area contributed by atoms with Gasteiger partial charge in [-0.25, -0.2) is 0 Å². The van der Waals surface area contributed by atoms with Crippen molar-refractivity contribution in [2.45, 2.75) is 25.3 Å². The number of nitrogens with one attached hydrogen (secondary N) is 1. The first-order chi connectivity index (χ1) is 9.78. The smallest absolute Gasteiger partial charge is 0.228 e. The highest BCUT2D eigenvalue weighted by Gasteiger charge is 2.23. The fourth-order valence-electron chi connectivity index (χ4n) is 2.76. The molecule has 5 nitrogen and oxygen atoms in total. The van der Waals surface area contributed by atoms with E-state index in [1.165, 1.54) is 0 Å². The van der Waals surface area contributed by atoms with Crippen LogP contribution in [0.15, 0.2) is 28.8 Å². The van der Waals surface area contributed by atoms with Gasteiger partial charge in [-0.3, -0.25) is 4.79 Å². The Bertz CT molecular complexity index is 608. The molecule has 3 rings (SSSR count). The summed E-state index contributed by atoms with van der Waals surface area (Å²) in [5, 5.41) is 8.21. The van der Waals surface area contributed by atoms with Gasteiger partial charge in [-0.1, -0.05) is 17.3 Å². The zero-order valence-corrected chi connectivity index (χ0v) is 11.6. The molecule has 2 heterocycles. The van der Waals surface area contributed by atoms with E-state index in [4.69, 9.17) is 4.52 Å². The number of hydrogen-bond acceptors (Lipinski definition) is 4. The quantitative estimate of drug-likeness (QED) is 0.922. The molecule has 1 amide bonds. The lowest BCUT2D eigenvalue weighted by Gasteiger charge is -2.32. The van der Waals surface area contributed by atoms with Crippen LogP contribution in [-0.4, -0.2) is 42.1 Å². The summed E-state index contributed by atoms with van der Waals surface area (Å²) in [6.07, 6.45) is 2.50. The Hall–Kier alpha value is -1.88. The average Bonchev–Trinajstić information content (AvgIpc) is 2.90. The molecule has 1 aromatic carbocycles. The minimum absolute atomic E-state index is 0.129. The molecule has 0 radical (unpaired) electrons. The number of hydrogen-bond donors (Lipinski definition) is 1. The third-order valence-electron chi connectivity index (χ3n) is 3.95. The van der Waals surface area contributed by atoms with E-state index in [0.29, 0.717) is 12.5 Å². The van der Waals surface area contributed by atoms with Crippen molar-refractivity contribution in [2.24, 2.45) is 0 Å². The summed E-state index contributed by atoms with van der Waals surface area (Å²) >= 11 is 0. The van der Waals surface area contributed by atoms with Crippen LogP contribution in [0.2, 0.25) is 0 Å². The summed E-state index contributed by atoms with van der Waals surface area (Å²) in [7, 11) is 1.95. The van der Waals surface area contributed by atoms with Gasteiger partial charge in [0.1, 0.15) is 5.69 Å². The normalized spacial score (nSPS) is 19.4. The predicted octanol–water partition coefficient (Wildman–Crippen LogP) is 1.58. The number of para-hydroxylation sites is 1. The van der Waals surface area contributed by atoms with Crippen LogP contribution in [0, 0.1) is 0 Å². The van der Waals surface area contributed by atoms with Gasteiger partial charge in [0, 0.05) is 24.5 Å². The second-order valence-corrected chi connectivity index (χ2v) is 5.27. The van der Waals surface area contributed by atoms with Crippen LogP contribution in [0.25, 0.3) is 11.0 Å². The number of piperidine rings is 1. The molecule has 1 atom stereocenters. The van der Waals surface area contributed by atoms with Gasteiger partial charge in [-0.15, -0.1) is 0 Å². The van der Waals surface area contributed by atoms with Crippen molar-refractivity contribution in [3.05, 3.63) is 30.0 Å². The van der Waals surface area contributed by atoms with Crippen LogP contribution in [0.4, 0.5) is 0 Å². The van der Waals surface area contributed by atoms with E-state index < -0.39 is 0 Å². The Kier molecular flexibility index (Phi) is 3.69. The molecule has 1 aliphatic rings. The maximum Gasteiger partial charge on any atom is 0.228 e. The lowest BCUT2D eigenvalue weighted by Crippen LogP contribution is -2.47. The summed E-state index contributed by atoms with van der Waals surface area (Å²) in [5.41, 5.74) is 1.47. The second kappa shape index (κ2) is 5.63. The molecule has 0 saturated carbocycles. The van der Waals surface area contributed by atoms with Crippen molar-refractivity contribution in [2.75, 3.05) is 20.1 Å². The largest absolute Gasteiger partial charge is 0.356 e. The summed E-state index contributed by atoms with van der Waals surface area (Å²) in [5.74, 6) is 0.129. The fraction of sp³-hybridized carbons (Fsp3) is 0.467. The highest BCUT2D eigenvalue weighted by atomic mass is 16.5. The Labute approximate surface area is 117 Å².